The quantitative estimate of drug-likeness (QED) is 0.821. The molecular weight excluding hydrogens is 356 g/mol. The summed E-state index contributed by atoms with van der Waals surface area (Å²) in [5, 5.41) is 2.92. The van der Waals surface area contributed by atoms with Crippen molar-refractivity contribution in [2.24, 2.45) is 0 Å². The van der Waals surface area contributed by atoms with E-state index in [1.54, 1.807) is 48.5 Å². The lowest BCUT2D eigenvalue weighted by molar-refractivity contribution is -0.147. The highest BCUT2D eigenvalue weighted by Gasteiger charge is 2.32. The molecular formula is C19H15ClN2O4. The molecule has 3 rings (SSSR count). The van der Waals surface area contributed by atoms with Crippen molar-refractivity contribution < 1.29 is 19.1 Å². The number of halogens is 1. The maximum Gasteiger partial charge on any atom is 0.326 e. The second-order valence-corrected chi connectivity index (χ2v) is 5.98. The highest BCUT2D eigenvalue weighted by molar-refractivity contribution is 6.33. The molecule has 0 saturated carbocycles. The van der Waals surface area contributed by atoms with E-state index < -0.39 is 18.5 Å². The first-order valence-electron chi connectivity index (χ1n) is 7.77. The van der Waals surface area contributed by atoms with Crippen LogP contribution in [-0.2, 0) is 14.3 Å². The summed E-state index contributed by atoms with van der Waals surface area (Å²) in [4.78, 5) is 37.4. The van der Waals surface area contributed by atoms with Gasteiger partial charge < -0.3 is 10.1 Å². The van der Waals surface area contributed by atoms with Gasteiger partial charge in [0.1, 0.15) is 6.54 Å². The third-order valence-electron chi connectivity index (χ3n) is 3.84. The van der Waals surface area contributed by atoms with Crippen LogP contribution in [0.25, 0.3) is 5.70 Å². The van der Waals surface area contributed by atoms with E-state index in [9.17, 15) is 14.4 Å². The molecule has 1 aliphatic rings. The van der Waals surface area contributed by atoms with Crippen molar-refractivity contribution in [3.63, 3.8) is 0 Å². The van der Waals surface area contributed by atoms with E-state index in [0.29, 0.717) is 27.5 Å². The fourth-order valence-corrected chi connectivity index (χ4v) is 2.75. The number of nitrogens with zero attached hydrogens (tertiary/aromatic N) is 1. The van der Waals surface area contributed by atoms with E-state index in [1.165, 1.54) is 4.90 Å². The van der Waals surface area contributed by atoms with Crippen molar-refractivity contribution in [2.45, 2.75) is 0 Å². The van der Waals surface area contributed by atoms with Gasteiger partial charge in [-0.3, -0.25) is 19.3 Å². The van der Waals surface area contributed by atoms with Crippen LogP contribution in [0.15, 0.2) is 55.1 Å². The van der Waals surface area contributed by atoms with Gasteiger partial charge in [0.05, 0.1) is 10.7 Å². The van der Waals surface area contributed by atoms with Crippen LogP contribution in [0.5, 0.6) is 0 Å². The summed E-state index contributed by atoms with van der Waals surface area (Å²) in [6.45, 7) is 3.05. The molecule has 1 aliphatic heterocycles. The minimum Gasteiger partial charge on any atom is -0.454 e. The van der Waals surface area contributed by atoms with Gasteiger partial charge in [-0.05, 0) is 18.2 Å². The van der Waals surface area contributed by atoms with Crippen LogP contribution in [0.3, 0.4) is 0 Å². The van der Waals surface area contributed by atoms with Crippen LogP contribution < -0.4 is 5.32 Å². The summed E-state index contributed by atoms with van der Waals surface area (Å²) in [6.07, 6.45) is 0. The number of hydrogen-bond acceptors (Lipinski definition) is 4. The van der Waals surface area contributed by atoms with Crippen molar-refractivity contribution in [2.75, 3.05) is 18.5 Å². The van der Waals surface area contributed by atoms with Gasteiger partial charge in [-0.15, -0.1) is 0 Å². The summed E-state index contributed by atoms with van der Waals surface area (Å²) in [5.41, 5.74) is 2.03. The first-order valence-corrected chi connectivity index (χ1v) is 8.15. The number of benzene rings is 2. The van der Waals surface area contributed by atoms with Crippen molar-refractivity contribution in [3.05, 3.63) is 71.3 Å². The Hall–Kier alpha value is -3.12. The molecule has 6 nitrogen and oxygen atoms in total. The predicted molar refractivity (Wildman–Crippen MR) is 97.6 cm³/mol. The number of rotatable bonds is 5. The molecule has 0 fully saturated rings. The summed E-state index contributed by atoms with van der Waals surface area (Å²) in [5.74, 6) is -1.55. The molecule has 0 saturated heterocycles. The Balaban J connectivity index is 1.54. The Morgan fingerprint density at radius 1 is 1.08 bits per heavy atom. The number of anilines is 1. The lowest BCUT2D eigenvalue weighted by atomic mass is 10.1. The molecule has 0 bridgehead atoms. The summed E-state index contributed by atoms with van der Waals surface area (Å²) >= 11 is 5.94. The number of fused-ring (bicyclic) bond motifs is 1. The maximum atomic E-state index is 12.3. The SMILES string of the molecule is C=C1c2ccccc2C(=O)N1CC(=O)OCC(=O)Nc1ccccc1Cl. The number of nitrogens with one attached hydrogen (secondary N) is 1. The normalized spacial score (nSPS) is 12.7. The number of carbonyl (C=O) groups excluding carboxylic acids is 3. The van der Waals surface area contributed by atoms with Gasteiger partial charge in [0, 0.05) is 16.8 Å². The zero-order valence-corrected chi connectivity index (χ0v) is 14.5. The van der Waals surface area contributed by atoms with Crippen LogP contribution in [0.1, 0.15) is 15.9 Å². The lowest BCUT2D eigenvalue weighted by Crippen LogP contribution is -2.32. The lowest BCUT2D eigenvalue weighted by Gasteiger charge is -2.16. The number of para-hydroxylation sites is 1. The van der Waals surface area contributed by atoms with E-state index in [-0.39, 0.29) is 12.5 Å². The molecule has 2 amide bonds. The number of esters is 1. The molecule has 0 atom stereocenters. The van der Waals surface area contributed by atoms with Gasteiger partial charge in [-0.1, -0.05) is 48.5 Å². The van der Waals surface area contributed by atoms with E-state index in [4.69, 9.17) is 16.3 Å². The highest BCUT2D eigenvalue weighted by Crippen LogP contribution is 2.30. The topological polar surface area (TPSA) is 75.7 Å². The van der Waals surface area contributed by atoms with Crippen LogP contribution in [0, 0.1) is 0 Å². The molecule has 7 heteroatoms. The second kappa shape index (κ2) is 7.41. The monoisotopic (exact) mass is 370 g/mol. The molecule has 0 radical (unpaired) electrons. The molecule has 2 aromatic rings. The van der Waals surface area contributed by atoms with E-state index in [0.717, 1.165) is 0 Å². The van der Waals surface area contributed by atoms with Gasteiger partial charge in [0.15, 0.2) is 6.61 Å². The fourth-order valence-electron chi connectivity index (χ4n) is 2.57. The fraction of sp³-hybridized carbons (Fsp3) is 0.105. The number of hydrogen-bond donors (Lipinski definition) is 1. The summed E-state index contributed by atoms with van der Waals surface area (Å²) in [7, 11) is 0. The zero-order chi connectivity index (χ0) is 18.7. The van der Waals surface area contributed by atoms with Crippen molar-refractivity contribution in [3.8, 4) is 0 Å². The average molecular weight is 371 g/mol. The Bertz CT molecular complexity index is 875. The smallest absolute Gasteiger partial charge is 0.326 e. The molecule has 1 heterocycles. The van der Waals surface area contributed by atoms with Crippen LogP contribution in [0.2, 0.25) is 5.02 Å². The minimum atomic E-state index is -0.707. The zero-order valence-electron chi connectivity index (χ0n) is 13.7. The van der Waals surface area contributed by atoms with Crippen LogP contribution in [-0.4, -0.2) is 35.8 Å². The summed E-state index contributed by atoms with van der Waals surface area (Å²) < 4.78 is 4.94. The molecule has 0 aromatic heterocycles. The van der Waals surface area contributed by atoms with Gasteiger partial charge in [0.25, 0.3) is 11.8 Å². The van der Waals surface area contributed by atoms with E-state index in [2.05, 4.69) is 11.9 Å². The molecule has 0 spiro atoms. The Labute approximate surface area is 155 Å². The standard InChI is InChI=1S/C19H15ClN2O4/c1-12-13-6-2-3-7-14(13)19(25)22(12)10-18(24)26-11-17(23)21-16-9-5-4-8-15(16)20/h2-9H,1,10-11H2,(H,21,23). The van der Waals surface area contributed by atoms with Crippen molar-refractivity contribution >= 4 is 40.8 Å². The Morgan fingerprint density at radius 2 is 1.73 bits per heavy atom. The maximum absolute atomic E-state index is 12.3. The molecule has 132 valence electrons. The molecule has 0 unspecified atom stereocenters. The van der Waals surface area contributed by atoms with Crippen molar-refractivity contribution in [1.82, 2.24) is 4.90 Å². The Kier molecular flexibility index (Phi) is 5.04. The van der Waals surface area contributed by atoms with Gasteiger partial charge >= 0.3 is 5.97 Å². The third-order valence-corrected chi connectivity index (χ3v) is 4.17. The molecule has 0 aliphatic carbocycles. The largest absolute Gasteiger partial charge is 0.454 e. The molecule has 2 aromatic carbocycles. The first kappa shape index (κ1) is 17.7. The molecule has 1 N–H and O–H groups in total. The van der Waals surface area contributed by atoms with Gasteiger partial charge in [0.2, 0.25) is 0 Å². The molecule has 26 heavy (non-hydrogen) atoms. The van der Waals surface area contributed by atoms with Gasteiger partial charge in [-0.25, -0.2) is 0 Å². The van der Waals surface area contributed by atoms with Gasteiger partial charge in [-0.2, -0.15) is 0 Å². The first-order chi connectivity index (χ1) is 12.5. The average Bonchev–Trinajstić information content (AvgIpc) is 2.87. The minimum absolute atomic E-state index is 0.314. The Morgan fingerprint density at radius 3 is 2.42 bits per heavy atom. The van der Waals surface area contributed by atoms with E-state index in [1.807, 2.05) is 0 Å². The van der Waals surface area contributed by atoms with Crippen LogP contribution >= 0.6 is 11.6 Å². The van der Waals surface area contributed by atoms with Crippen molar-refractivity contribution in [1.29, 1.82) is 0 Å². The van der Waals surface area contributed by atoms with Crippen LogP contribution in [0.4, 0.5) is 5.69 Å². The third kappa shape index (κ3) is 3.60. The number of ether oxygens (including phenoxy) is 1. The number of carbonyl (C=O) groups is 3. The summed E-state index contributed by atoms with van der Waals surface area (Å²) in [6, 6.07) is 13.7. The van der Waals surface area contributed by atoms with E-state index >= 15 is 0 Å². The number of amides is 2. The highest BCUT2D eigenvalue weighted by atomic mass is 35.5. The predicted octanol–water partition coefficient (Wildman–Crippen LogP) is 2.95. The second-order valence-electron chi connectivity index (χ2n) is 5.57.